The summed E-state index contributed by atoms with van der Waals surface area (Å²) in [6.07, 6.45) is 2.59. The van der Waals surface area contributed by atoms with Gasteiger partial charge in [-0.25, -0.2) is 0 Å². The van der Waals surface area contributed by atoms with Crippen LogP contribution in [0.4, 0.5) is 0 Å². The highest BCUT2D eigenvalue weighted by molar-refractivity contribution is 7.30. The zero-order valence-corrected chi connectivity index (χ0v) is 6.15. The third-order valence-electron chi connectivity index (χ3n) is 1.18. The van der Waals surface area contributed by atoms with Gasteiger partial charge in [-0.05, 0) is 17.5 Å². The van der Waals surface area contributed by atoms with E-state index < -0.39 is 0 Å². The zero-order valence-electron chi connectivity index (χ0n) is 5.15. The van der Waals surface area contributed by atoms with Crippen LogP contribution in [0.15, 0.2) is 17.9 Å². The molecule has 1 aromatic heterocycles. The second kappa shape index (κ2) is 2.94. The molecule has 0 aliphatic heterocycles. The molecular weight excluding hydrogens is 115 g/mol. The van der Waals surface area contributed by atoms with Crippen molar-refractivity contribution in [2.45, 2.75) is 19.8 Å². The van der Waals surface area contributed by atoms with Gasteiger partial charge in [0.15, 0.2) is 0 Å². The van der Waals surface area contributed by atoms with E-state index in [9.17, 15) is 0 Å². The molecule has 1 heterocycles. The molecule has 1 aromatic rings. The molecule has 1 atom stereocenters. The Morgan fingerprint density at radius 1 is 1.62 bits per heavy atom. The molecule has 8 heavy (non-hydrogen) atoms. The second-order valence-electron chi connectivity index (χ2n) is 1.95. The van der Waals surface area contributed by atoms with Crippen molar-refractivity contribution in [3.05, 3.63) is 23.2 Å². The van der Waals surface area contributed by atoms with Crippen molar-refractivity contribution in [2.75, 3.05) is 0 Å². The molecule has 0 N–H and O–H groups in total. The number of rotatable bonds is 2. The highest BCUT2D eigenvalue weighted by atomic mass is 31.0. The molecule has 0 aliphatic carbocycles. The van der Waals surface area contributed by atoms with Gasteiger partial charge in [0.05, 0.1) is 0 Å². The van der Waals surface area contributed by atoms with E-state index >= 15 is 0 Å². The first-order chi connectivity index (χ1) is 3.93. The lowest BCUT2D eigenvalue weighted by atomic mass is 10.3. The summed E-state index contributed by atoms with van der Waals surface area (Å²) in [5.74, 6) is 2.24. The first-order valence-electron chi connectivity index (χ1n) is 3.05. The largest absolute Gasteiger partial charge is 0.137 e. The molecule has 0 bridgehead atoms. The Balaban J connectivity index is 2.50. The van der Waals surface area contributed by atoms with Crippen molar-refractivity contribution in [3.8, 4) is 0 Å². The van der Waals surface area contributed by atoms with Crippen molar-refractivity contribution in [2.24, 2.45) is 0 Å². The molecule has 1 unspecified atom stereocenters. The number of hydrogen-bond donors (Lipinski definition) is 0. The van der Waals surface area contributed by atoms with Gasteiger partial charge in [0.2, 0.25) is 0 Å². The van der Waals surface area contributed by atoms with E-state index in [1.54, 1.807) is 5.30 Å². The average Bonchev–Trinajstić information content (AvgIpc) is 2.19. The van der Waals surface area contributed by atoms with Crippen LogP contribution in [0.1, 0.15) is 18.6 Å². The summed E-state index contributed by atoms with van der Waals surface area (Å²) in [5, 5.41) is 1.62. The molecule has 0 nitrogen and oxygen atoms in total. The Bertz CT molecular complexity index is 130. The van der Waals surface area contributed by atoms with Crippen LogP contribution in [0.3, 0.4) is 0 Å². The molecule has 0 amide bonds. The van der Waals surface area contributed by atoms with Crippen molar-refractivity contribution in [1.29, 1.82) is 0 Å². The summed E-state index contributed by atoms with van der Waals surface area (Å²) in [5.41, 5.74) is 0. The van der Waals surface area contributed by atoms with Gasteiger partial charge in [0.1, 0.15) is 0 Å². The van der Waals surface area contributed by atoms with Gasteiger partial charge in [-0.1, -0.05) is 25.5 Å². The number of hydrogen-bond acceptors (Lipinski definition) is 0. The summed E-state index contributed by atoms with van der Waals surface area (Å²) < 4.78 is 0. The zero-order chi connectivity index (χ0) is 5.82. The highest BCUT2D eigenvalue weighted by Gasteiger charge is 1.85. The van der Waals surface area contributed by atoms with Gasteiger partial charge in [0, 0.05) is 0 Å². The average molecular weight is 126 g/mol. The SMILES string of the molecule is CCCc1ccc[pH]1. The summed E-state index contributed by atoms with van der Waals surface area (Å²) in [6.45, 7) is 2.23. The van der Waals surface area contributed by atoms with Crippen LogP contribution in [-0.2, 0) is 6.42 Å². The smallest absolute Gasteiger partial charge is 0.0246 e. The van der Waals surface area contributed by atoms with Gasteiger partial charge in [-0.3, -0.25) is 0 Å². The topological polar surface area (TPSA) is 0 Å². The lowest BCUT2D eigenvalue weighted by Gasteiger charge is -1.87. The maximum Gasteiger partial charge on any atom is -0.0246 e. The van der Waals surface area contributed by atoms with Crippen LogP contribution >= 0.6 is 8.19 Å². The molecule has 0 saturated carbocycles. The van der Waals surface area contributed by atoms with Crippen LogP contribution in [0.5, 0.6) is 0 Å². The third kappa shape index (κ3) is 1.38. The van der Waals surface area contributed by atoms with Crippen LogP contribution in [0.25, 0.3) is 0 Å². The Kier molecular flexibility index (Phi) is 2.17. The third-order valence-corrected chi connectivity index (χ3v) is 2.33. The van der Waals surface area contributed by atoms with Gasteiger partial charge >= 0.3 is 0 Å². The lowest BCUT2D eigenvalue weighted by molar-refractivity contribution is 0.940. The van der Waals surface area contributed by atoms with Gasteiger partial charge in [-0.2, -0.15) is 0 Å². The van der Waals surface area contributed by atoms with E-state index in [1.165, 1.54) is 12.8 Å². The van der Waals surface area contributed by atoms with Gasteiger partial charge in [-0.15, -0.1) is 8.19 Å². The minimum absolute atomic E-state index is 0.987. The molecule has 0 spiro atoms. The quantitative estimate of drug-likeness (QED) is 0.571. The summed E-state index contributed by atoms with van der Waals surface area (Å²) in [6, 6.07) is 4.39. The van der Waals surface area contributed by atoms with Crippen molar-refractivity contribution in [3.63, 3.8) is 0 Å². The molecule has 1 rings (SSSR count). The van der Waals surface area contributed by atoms with E-state index in [0.717, 1.165) is 8.19 Å². The molecule has 0 aliphatic rings. The fraction of sp³-hybridized carbons (Fsp3) is 0.429. The van der Waals surface area contributed by atoms with Crippen LogP contribution in [0, 0.1) is 0 Å². The maximum absolute atomic E-state index is 2.24. The molecule has 0 fully saturated rings. The minimum Gasteiger partial charge on any atom is -0.137 e. The first-order valence-corrected chi connectivity index (χ1v) is 4.13. The second-order valence-corrected chi connectivity index (χ2v) is 3.21. The van der Waals surface area contributed by atoms with Gasteiger partial charge < -0.3 is 0 Å². The standard InChI is InChI=1S/C7H11P/c1-2-4-7-5-3-6-8-7/h3,5-6,8H,2,4H2,1H3. The lowest BCUT2D eigenvalue weighted by Crippen LogP contribution is -1.70. The fourth-order valence-electron chi connectivity index (χ4n) is 0.792. The molecule has 1 heteroatoms. The monoisotopic (exact) mass is 126 g/mol. The van der Waals surface area contributed by atoms with Crippen molar-refractivity contribution in [1.82, 2.24) is 0 Å². The van der Waals surface area contributed by atoms with E-state index in [1.807, 2.05) is 0 Å². The minimum atomic E-state index is 0.987. The van der Waals surface area contributed by atoms with Crippen LogP contribution < -0.4 is 0 Å². The van der Waals surface area contributed by atoms with Gasteiger partial charge in [0.25, 0.3) is 0 Å². The molecule has 0 aromatic carbocycles. The molecule has 0 saturated heterocycles. The van der Waals surface area contributed by atoms with E-state index in [4.69, 9.17) is 0 Å². The van der Waals surface area contributed by atoms with Crippen molar-refractivity contribution < 1.29 is 0 Å². The fourth-order valence-corrected chi connectivity index (χ4v) is 1.79. The van der Waals surface area contributed by atoms with Crippen LogP contribution in [-0.4, -0.2) is 0 Å². The Morgan fingerprint density at radius 3 is 3.00 bits per heavy atom. The maximum atomic E-state index is 2.24. The number of aryl methyl sites for hydroxylation is 1. The molecule has 0 radical (unpaired) electrons. The Morgan fingerprint density at radius 2 is 2.50 bits per heavy atom. The predicted molar refractivity (Wildman–Crippen MR) is 39.9 cm³/mol. The van der Waals surface area contributed by atoms with Crippen molar-refractivity contribution >= 4 is 8.19 Å². The molecule has 44 valence electrons. The molecular formula is C7H11P. The highest BCUT2D eigenvalue weighted by Crippen LogP contribution is 2.15. The van der Waals surface area contributed by atoms with E-state index in [-0.39, 0.29) is 0 Å². The predicted octanol–water partition coefficient (Wildman–Crippen LogP) is 2.67. The normalized spacial score (nSPS) is 10.6. The summed E-state index contributed by atoms with van der Waals surface area (Å²) >= 11 is 0. The van der Waals surface area contributed by atoms with Crippen LogP contribution in [0.2, 0.25) is 0 Å². The Hall–Kier alpha value is -0.220. The first kappa shape index (κ1) is 5.91. The summed E-state index contributed by atoms with van der Waals surface area (Å²) in [4.78, 5) is 0. The summed E-state index contributed by atoms with van der Waals surface area (Å²) in [7, 11) is 0.987. The van der Waals surface area contributed by atoms with E-state index in [0.29, 0.717) is 0 Å². The van der Waals surface area contributed by atoms with E-state index in [2.05, 4.69) is 24.9 Å². The Labute approximate surface area is 52.0 Å².